The highest BCUT2D eigenvalue weighted by Gasteiger charge is 2.36. The number of likely N-dealkylation sites (tertiary alicyclic amines) is 1. The summed E-state index contributed by atoms with van der Waals surface area (Å²) in [6.45, 7) is 3.69. The van der Waals surface area contributed by atoms with Crippen molar-refractivity contribution in [1.29, 1.82) is 0 Å². The topological polar surface area (TPSA) is 58.6 Å². The Balaban J connectivity index is 1.50. The number of amides is 1. The molecule has 164 valence electrons. The molecule has 1 aromatic heterocycles. The molecule has 0 N–H and O–H groups in total. The predicted molar refractivity (Wildman–Crippen MR) is 120 cm³/mol. The predicted octanol–water partition coefficient (Wildman–Crippen LogP) is 4.35. The summed E-state index contributed by atoms with van der Waals surface area (Å²) in [7, 11) is 1.67. The van der Waals surface area contributed by atoms with Crippen molar-refractivity contribution in [3.63, 3.8) is 0 Å². The lowest BCUT2D eigenvalue weighted by molar-refractivity contribution is -0.119. The van der Waals surface area contributed by atoms with Crippen LogP contribution in [0, 0.1) is 6.92 Å². The quantitative estimate of drug-likeness (QED) is 0.720. The summed E-state index contributed by atoms with van der Waals surface area (Å²) in [5.74, 6) is 2.64. The Kier molecular flexibility index (Phi) is 5.65. The molecule has 6 nitrogen and oxygen atoms in total. The number of ether oxygens (including phenoxy) is 1. The summed E-state index contributed by atoms with van der Waals surface area (Å²) in [5, 5.41) is 0. The van der Waals surface area contributed by atoms with Crippen molar-refractivity contribution in [2.45, 2.75) is 76.9 Å². The lowest BCUT2D eigenvalue weighted by Gasteiger charge is -2.33. The van der Waals surface area contributed by atoms with Gasteiger partial charge in [-0.05, 0) is 51.6 Å². The smallest absolute Gasteiger partial charge is 0.228 e. The van der Waals surface area contributed by atoms with Crippen LogP contribution in [0.5, 0.6) is 5.75 Å². The van der Waals surface area contributed by atoms with Gasteiger partial charge in [0.05, 0.1) is 19.7 Å². The molecule has 5 rings (SSSR count). The number of aromatic nitrogens is 2. The van der Waals surface area contributed by atoms with Gasteiger partial charge in [-0.15, -0.1) is 0 Å². The highest BCUT2D eigenvalue weighted by atomic mass is 16.5. The van der Waals surface area contributed by atoms with Crippen molar-refractivity contribution in [3.05, 3.63) is 46.9 Å². The van der Waals surface area contributed by atoms with Crippen LogP contribution in [0.3, 0.4) is 0 Å². The normalized spacial score (nSPS) is 22.2. The number of carbonyl (C=O) groups is 1. The molecule has 1 amide bonds. The van der Waals surface area contributed by atoms with Gasteiger partial charge in [-0.1, -0.05) is 31.0 Å². The Bertz CT molecular complexity index is 970. The first-order valence-corrected chi connectivity index (χ1v) is 11.7. The molecule has 3 heterocycles. The first kappa shape index (κ1) is 20.4. The fourth-order valence-electron chi connectivity index (χ4n) is 5.66. The number of hydrogen-bond donors (Lipinski definition) is 0. The van der Waals surface area contributed by atoms with Crippen LogP contribution >= 0.6 is 0 Å². The first-order chi connectivity index (χ1) is 15.2. The van der Waals surface area contributed by atoms with Crippen LogP contribution < -0.4 is 9.64 Å². The average Bonchev–Trinajstić information content (AvgIpc) is 3.47. The molecule has 1 aromatic carbocycles. The third-order valence-corrected chi connectivity index (χ3v) is 7.26. The van der Waals surface area contributed by atoms with Gasteiger partial charge < -0.3 is 4.74 Å². The summed E-state index contributed by atoms with van der Waals surface area (Å²) in [4.78, 5) is 27.5. The van der Waals surface area contributed by atoms with E-state index in [0.717, 1.165) is 53.6 Å². The maximum Gasteiger partial charge on any atom is 0.228 e. The molecule has 1 saturated heterocycles. The van der Waals surface area contributed by atoms with E-state index in [4.69, 9.17) is 14.7 Å². The second-order valence-electron chi connectivity index (χ2n) is 9.10. The van der Waals surface area contributed by atoms with E-state index in [9.17, 15) is 4.79 Å². The zero-order valence-corrected chi connectivity index (χ0v) is 18.6. The van der Waals surface area contributed by atoms with Crippen LogP contribution in [0.4, 0.5) is 5.82 Å². The van der Waals surface area contributed by atoms with E-state index in [1.54, 1.807) is 7.11 Å². The van der Waals surface area contributed by atoms with E-state index in [1.165, 1.54) is 32.1 Å². The van der Waals surface area contributed by atoms with Gasteiger partial charge in [0.2, 0.25) is 5.91 Å². The number of para-hydroxylation sites is 1. The van der Waals surface area contributed by atoms with E-state index >= 15 is 0 Å². The Morgan fingerprint density at radius 1 is 1.06 bits per heavy atom. The van der Waals surface area contributed by atoms with E-state index in [1.807, 2.05) is 29.2 Å². The number of anilines is 1. The van der Waals surface area contributed by atoms with Gasteiger partial charge in [-0.3, -0.25) is 14.6 Å². The van der Waals surface area contributed by atoms with Crippen LogP contribution in [0.1, 0.15) is 73.6 Å². The minimum absolute atomic E-state index is 0.126. The molecule has 1 saturated carbocycles. The van der Waals surface area contributed by atoms with Crippen LogP contribution in [0.25, 0.3) is 0 Å². The van der Waals surface area contributed by atoms with E-state index in [2.05, 4.69) is 11.8 Å². The number of methoxy groups -OCH3 is 1. The number of fused-ring (bicyclic) bond motifs is 1. The van der Waals surface area contributed by atoms with E-state index in [0.29, 0.717) is 19.0 Å². The molecule has 0 bridgehead atoms. The molecule has 0 spiro atoms. The van der Waals surface area contributed by atoms with E-state index in [-0.39, 0.29) is 11.9 Å². The summed E-state index contributed by atoms with van der Waals surface area (Å²) in [6.07, 6.45) is 8.78. The molecular weight excluding hydrogens is 388 g/mol. The van der Waals surface area contributed by atoms with Crippen molar-refractivity contribution in [2.75, 3.05) is 18.6 Å². The molecule has 2 fully saturated rings. The second kappa shape index (κ2) is 8.58. The standard InChI is InChI=1S/C25H32N4O2/c1-17-20-13-14-23(30)29(16-18-8-3-6-12-22(18)31-2)25(20)27-24(26-17)21-11-7-15-28(21)19-9-4-5-10-19/h3,6,8,12,19,21H,4-5,7,9-11,13-16H2,1-2H3/t21-/m0/s1. The molecule has 2 aromatic rings. The number of hydrogen-bond acceptors (Lipinski definition) is 5. The van der Waals surface area contributed by atoms with Gasteiger partial charge in [-0.2, -0.15) is 0 Å². The van der Waals surface area contributed by atoms with Crippen LogP contribution in [-0.2, 0) is 17.8 Å². The Labute approximate surface area is 184 Å². The molecule has 2 aliphatic heterocycles. The second-order valence-corrected chi connectivity index (χ2v) is 9.10. The molecular formula is C25H32N4O2. The van der Waals surface area contributed by atoms with Crippen LogP contribution in [-0.4, -0.2) is 40.5 Å². The largest absolute Gasteiger partial charge is 0.496 e. The van der Waals surface area contributed by atoms with Gasteiger partial charge in [0, 0.05) is 29.3 Å². The lowest BCUT2D eigenvalue weighted by atomic mass is 10.0. The minimum Gasteiger partial charge on any atom is -0.496 e. The molecule has 0 unspecified atom stereocenters. The Hall–Kier alpha value is -2.47. The Morgan fingerprint density at radius 3 is 2.68 bits per heavy atom. The first-order valence-electron chi connectivity index (χ1n) is 11.7. The van der Waals surface area contributed by atoms with Crippen LogP contribution in [0.15, 0.2) is 24.3 Å². The number of aryl methyl sites for hydroxylation is 1. The molecule has 6 heteroatoms. The van der Waals surface area contributed by atoms with Crippen molar-refractivity contribution < 1.29 is 9.53 Å². The zero-order valence-electron chi connectivity index (χ0n) is 18.6. The van der Waals surface area contributed by atoms with Crippen molar-refractivity contribution in [3.8, 4) is 5.75 Å². The lowest BCUT2D eigenvalue weighted by Crippen LogP contribution is -2.38. The summed E-state index contributed by atoms with van der Waals surface area (Å²) < 4.78 is 5.53. The summed E-state index contributed by atoms with van der Waals surface area (Å²) >= 11 is 0. The maximum absolute atomic E-state index is 13.0. The fraction of sp³-hybridized carbons (Fsp3) is 0.560. The molecule has 1 atom stereocenters. The SMILES string of the molecule is COc1ccccc1CN1C(=O)CCc2c(C)nc([C@@H]3CCCN3C3CCCC3)nc21. The van der Waals surface area contributed by atoms with Gasteiger partial charge in [0.1, 0.15) is 17.4 Å². The van der Waals surface area contributed by atoms with Gasteiger partial charge in [0.15, 0.2) is 0 Å². The third-order valence-electron chi connectivity index (χ3n) is 7.26. The minimum atomic E-state index is 0.126. The number of benzene rings is 1. The Morgan fingerprint density at radius 2 is 1.87 bits per heavy atom. The maximum atomic E-state index is 13.0. The zero-order chi connectivity index (χ0) is 21.4. The molecule has 31 heavy (non-hydrogen) atoms. The number of carbonyl (C=O) groups excluding carboxylic acids is 1. The average molecular weight is 421 g/mol. The van der Waals surface area contributed by atoms with E-state index < -0.39 is 0 Å². The van der Waals surface area contributed by atoms with Crippen molar-refractivity contribution in [2.24, 2.45) is 0 Å². The monoisotopic (exact) mass is 420 g/mol. The summed E-state index contributed by atoms with van der Waals surface area (Å²) in [6, 6.07) is 8.85. The van der Waals surface area contributed by atoms with Crippen molar-refractivity contribution in [1.82, 2.24) is 14.9 Å². The highest BCUT2D eigenvalue weighted by Crippen LogP contribution is 2.39. The fourth-order valence-corrected chi connectivity index (χ4v) is 5.66. The van der Waals surface area contributed by atoms with Gasteiger partial charge in [-0.25, -0.2) is 9.97 Å². The molecule has 3 aliphatic rings. The van der Waals surface area contributed by atoms with Crippen LogP contribution in [0.2, 0.25) is 0 Å². The highest BCUT2D eigenvalue weighted by molar-refractivity contribution is 5.95. The third kappa shape index (κ3) is 3.82. The molecule has 1 aliphatic carbocycles. The number of rotatable bonds is 5. The number of nitrogens with zero attached hydrogens (tertiary/aromatic N) is 4. The van der Waals surface area contributed by atoms with Gasteiger partial charge in [0.25, 0.3) is 0 Å². The molecule has 0 radical (unpaired) electrons. The van der Waals surface area contributed by atoms with Gasteiger partial charge >= 0.3 is 0 Å². The summed E-state index contributed by atoms with van der Waals surface area (Å²) in [5.41, 5.74) is 3.14. The van der Waals surface area contributed by atoms with Crippen molar-refractivity contribution >= 4 is 11.7 Å².